The van der Waals surface area contributed by atoms with Gasteiger partial charge in [-0.3, -0.25) is 4.79 Å². The van der Waals surface area contributed by atoms with Crippen molar-refractivity contribution in [3.05, 3.63) is 58.9 Å². The Balaban J connectivity index is 1.51. The van der Waals surface area contributed by atoms with Crippen LogP contribution in [0.15, 0.2) is 36.4 Å². The van der Waals surface area contributed by atoms with Crippen LogP contribution in [-0.2, 0) is 11.2 Å². The van der Waals surface area contributed by atoms with Crippen molar-refractivity contribution in [3.63, 3.8) is 0 Å². The van der Waals surface area contributed by atoms with Crippen LogP contribution in [0.1, 0.15) is 39.1 Å². The van der Waals surface area contributed by atoms with Crippen LogP contribution >= 0.6 is 0 Å². The molecule has 0 bridgehead atoms. The first-order valence-electron chi connectivity index (χ1n) is 10.1. The average molecular weight is 396 g/mol. The lowest BCUT2D eigenvalue weighted by Gasteiger charge is -2.30. The molecule has 1 saturated heterocycles. The first kappa shape index (κ1) is 19.6. The van der Waals surface area contributed by atoms with Gasteiger partial charge in [0.05, 0.1) is 12.7 Å². The Bertz CT molecular complexity index is 938. The summed E-state index contributed by atoms with van der Waals surface area (Å²) < 4.78 is 19.2. The van der Waals surface area contributed by atoms with Crippen molar-refractivity contribution in [2.24, 2.45) is 0 Å². The van der Waals surface area contributed by atoms with E-state index in [9.17, 15) is 14.0 Å². The zero-order chi connectivity index (χ0) is 20.4. The number of amides is 1. The van der Waals surface area contributed by atoms with Gasteiger partial charge in [0.25, 0.3) is 5.91 Å². The van der Waals surface area contributed by atoms with E-state index in [1.807, 2.05) is 11.0 Å². The van der Waals surface area contributed by atoms with Gasteiger partial charge in [0, 0.05) is 30.8 Å². The number of carbonyl (C=O) groups excluding carboxylic acids is 2. The highest BCUT2D eigenvalue weighted by atomic mass is 19.1. The molecule has 2 heterocycles. The molecule has 1 fully saturated rings. The van der Waals surface area contributed by atoms with Gasteiger partial charge in [0.1, 0.15) is 5.82 Å². The average Bonchev–Trinajstić information content (AvgIpc) is 3.26. The Morgan fingerprint density at radius 1 is 1.03 bits per heavy atom. The van der Waals surface area contributed by atoms with E-state index in [0.717, 1.165) is 38.2 Å². The first-order valence-corrected chi connectivity index (χ1v) is 10.1. The molecular formula is C23H25FN2O3. The second kappa shape index (κ2) is 8.33. The molecule has 29 heavy (non-hydrogen) atoms. The number of ether oxygens (including phenoxy) is 1. The Hall–Kier alpha value is -2.73. The quantitative estimate of drug-likeness (QED) is 0.727. The second-order valence-electron chi connectivity index (χ2n) is 7.65. The molecule has 0 radical (unpaired) electrons. The highest BCUT2D eigenvalue weighted by Gasteiger charge is 2.25. The molecule has 0 N–H and O–H groups in total. The van der Waals surface area contributed by atoms with Gasteiger partial charge in [0.15, 0.2) is 0 Å². The zero-order valence-electron chi connectivity index (χ0n) is 16.6. The summed E-state index contributed by atoms with van der Waals surface area (Å²) in [7, 11) is 1.27. The van der Waals surface area contributed by atoms with Gasteiger partial charge in [0.2, 0.25) is 0 Å². The number of fused-ring (bicyclic) bond motifs is 1. The number of methoxy groups -OCH3 is 1. The third-order valence-electron chi connectivity index (χ3n) is 5.86. The first-order chi connectivity index (χ1) is 14.1. The number of benzene rings is 2. The number of likely N-dealkylation sites (tertiary alicyclic amines) is 1. The molecule has 5 nitrogen and oxygen atoms in total. The van der Waals surface area contributed by atoms with Crippen molar-refractivity contribution in [3.8, 4) is 11.1 Å². The molecule has 0 aliphatic carbocycles. The van der Waals surface area contributed by atoms with Crippen molar-refractivity contribution in [1.82, 2.24) is 9.80 Å². The summed E-state index contributed by atoms with van der Waals surface area (Å²) in [6.07, 6.45) is 3.25. The van der Waals surface area contributed by atoms with E-state index >= 15 is 0 Å². The minimum Gasteiger partial charge on any atom is -0.465 e. The normalized spacial score (nSPS) is 16.8. The van der Waals surface area contributed by atoms with Gasteiger partial charge in [-0.15, -0.1) is 0 Å². The maximum atomic E-state index is 14.6. The lowest BCUT2D eigenvalue weighted by Crippen LogP contribution is -2.42. The number of nitrogens with zero attached hydrogens (tertiary/aromatic N) is 2. The molecule has 0 aromatic heterocycles. The van der Waals surface area contributed by atoms with Crippen LogP contribution in [0.3, 0.4) is 0 Å². The lowest BCUT2D eigenvalue weighted by molar-refractivity contribution is 0.0599. The van der Waals surface area contributed by atoms with E-state index in [0.29, 0.717) is 23.2 Å². The van der Waals surface area contributed by atoms with E-state index in [-0.39, 0.29) is 11.5 Å². The van der Waals surface area contributed by atoms with Gasteiger partial charge in [-0.2, -0.15) is 0 Å². The van der Waals surface area contributed by atoms with Crippen LogP contribution in [-0.4, -0.2) is 61.5 Å². The highest BCUT2D eigenvalue weighted by Crippen LogP contribution is 2.29. The number of halogens is 1. The van der Waals surface area contributed by atoms with Crippen molar-refractivity contribution in [2.45, 2.75) is 19.3 Å². The predicted molar refractivity (Wildman–Crippen MR) is 108 cm³/mol. The maximum Gasteiger partial charge on any atom is 0.337 e. The Labute approximate surface area is 170 Å². The molecular weight excluding hydrogens is 371 g/mol. The van der Waals surface area contributed by atoms with Gasteiger partial charge in [-0.1, -0.05) is 18.2 Å². The van der Waals surface area contributed by atoms with Gasteiger partial charge >= 0.3 is 5.97 Å². The van der Waals surface area contributed by atoms with Crippen LogP contribution in [0.4, 0.5) is 4.39 Å². The Kier molecular flexibility index (Phi) is 5.62. The lowest BCUT2D eigenvalue weighted by atomic mass is 9.93. The molecule has 0 unspecified atom stereocenters. The fourth-order valence-electron chi connectivity index (χ4n) is 4.18. The van der Waals surface area contributed by atoms with Crippen molar-refractivity contribution >= 4 is 11.9 Å². The van der Waals surface area contributed by atoms with E-state index in [4.69, 9.17) is 0 Å². The number of rotatable bonds is 5. The topological polar surface area (TPSA) is 49.9 Å². The van der Waals surface area contributed by atoms with Gasteiger partial charge < -0.3 is 14.5 Å². The van der Waals surface area contributed by atoms with Crippen LogP contribution in [0.2, 0.25) is 0 Å². The molecule has 0 saturated carbocycles. The maximum absolute atomic E-state index is 14.6. The minimum absolute atomic E-state index is 0.0542. The molecule has 0 atom stereocenters. The number of esters is 1. The van der Waals surface area contributed by atoms with Crippen molar-refractivity contribution in [2.75, 3.05) is 39.8 Å². The Morgan fingerprint density at radius 2 is 1.79 bits per heavy atom. The molecule has 4 rings (SSSR count). The predicted octanol–water partition coefficient (Wildman–Crippen LogP) is 3.37. The van der Waals surface area contributed by atoms with Crippen molar-refractivity contribution < 1.29 is 18.7 Å². The monoisotopic (exact) mass is 396 g/mol. The SMILES string of the molecule is COC(=O)c1ccc(-c2ccc3c(c2)CCN(CCN2CCCC2)C3=O)c(F)c1. The molecule has 2 aliphatic rings. The van der Waals surface area contributed by atoms with E-state index < -0.39 is 11.8 Å². The smallest absolute Gasteiger partial charge is 0.337 e. The summed E-state index contributed by atoms with van der Waals surface area (Å²) in [6.45, 7) is 4.62. The fourth-order valence-corrected chi connectivity index (χ4v) is 4.18. The van der Waals surface area contributed by atoms with E-state index in [2.05, 4.69) is 9.64 Å². The van der Waals surface area contributed by atoms with Crippen LogP contribution in [0.25, 0.3) is 11.1 Å². The van der Waals surface area contributed by atoms with Gasteiger partial charge in [-0.25, -0.2) is 9.18 Å². The molecule has 2 aliphatic heterocycles. The summed E-state index contributed by atoms with van der Waals surface area (Å²) >= 11 is 0. The number of carbonyl (C=O) groups is 2. The molecule has 152 valence electrons. The van der Waals surface area contributed by atoms with E-state index in [1.165, 1.54) is 26.0 Å². The van der Waals surface area contributed by atoms with Crippen LogP contribution in [0, 0.1) is 5.82 Å². The Morgan fingerprint density at radius 3 is 2.52 bits per heavy atom. The highest BCUT2D eigenvalue weighted by molar-refractivity contribution is 5.97. The number of hydrogen-bond acceptors (Lipinski definition) is 4. The summed E-state index contributed by atoms with van der Waals surface area (Å²) in [5.74, 6) is -0.999. The van der Waals surface area contributed by atoms with Crippen LogP contribution in [0.5, 0.6) is 0 Å². The summed E-state index contributed by atoms with van der Waals surface area (Å²) in [6, 6.07) is 9.78. The minimum atomic E-state index is -0.569. The molecule has 2 aromatic rings. The summed E-state index contributed by atoms with van der Waals surface area (Å²) in [4.78, 5) is 28.8. The van der Waals surface area contributed by atoms with E-state index in [1.54, 1.807) is 24.3 Å². The third-order valence-corrected chi connectivity index (χ3v) is 5.86. The zero-order valence-corrected chi connectivity index (χ0v) is 16.6. The number of hydrogen-bond donors (Lipinski definition) is 0. The second-order valence-corrected chi connectivity index (χ2v) is 7.65. The molecule has 0 spiro atoms. The molecule has 6 heteroatoms. The molecule has 1 amide bonds. The largest absolute Gasteiger partial charge is 0.465 e. The van der Waals surface area contributed by atoms with Crippen molar-refractivity contribution in [1.29, 1.82) is 0 Å². The summed E-state index contributed by atoms with van der Waals surface area (Å²) in [5, 5.41) is 0. The molecule has 2 aromatic carbocycles. The van der Waals surface area contributed by atoms with Gasteiger partial charge in [-0.05, 0) is 61.7 Å². The van der Waals surface area contributed by atoms with Crippen LogP contribution < -0.4 is 0 Å². The third kappa shape index (κ3) is 4.03. The summed E-state index contributed by atoms with van der Waals surface area (Å²) in [5.41, 5.74) is 2.94. The fraction of sp³-hybridized carbons (Fsp3) is 0.391. The standard InChI is InChI=1S/C23H25FN2O3/c1-29-23(28)18-5-6-19(21(24)15-18)16-4-7-20-17(14-16)8-11-26(22(20)27)13-12-25-9-2-3-10-25/h4-7,14-15H,2-3,8-13H2,1H3.